The maximum absolute atomic E-state index is 14.2. The maximum Gasteiger partial charge on any atom is 0.214 e. The van der Waals surface area contributed by atoms with E-state index in [2.05, 4.69) is 67.4 Å². The second-order valence-corrected chi connectivity index (χ2v) is 14.2. The lowest BCUT2D eigenvalue weighted by molar-refractivity contribution is 0.101. The number of benzene rings is 2. The van der Waals surface area contributed by atoms with Crippen LogP contribution in [0.25, 0.3) is 27.6 Å². The average Bonchev–Trinajstić information content (AvgIpc) is 3.74. The molecule has 1 aliphatic rings. The average molecular weight is 771 g/mol. The first-order valence-corrected chi connectivity index (χ1v) is 19.5. The molecule has 0 saturated carbocycles. The Labute approximate surface area is 323 Å². The van der Waals surface area contributed by atoms with Crippen molar-refractivity contribution in [2.45, 2.75) is 51.8 Å². The highest BCUT2D eigenvalue weighted by molar-refractivity contribution is 7.99. The minimum Gasteiger partial charge on any atom is -0.473 e. The zero-order valence-corrected chi connectivity index (χ0v) is 32.4. The molecule has 1 atom stereocenters. The van der Waals surface area contributed by atoms with Crippen molar-refractivity contribution in [1.82, 2.24) is 34.6 Å². The van der Waals surface area contributed by atoms with Crippen LogP contribution in [0.5, 0.6) is 5.88 Å². The Hall–Kier alpha value is -4.82. The number of thioether (sulfide) groups is 1. The van der Waals surface area contributed by atoms with E-state index in [0.717, 1.165) is 96.9 Å². The number of rotatable bonds is 14. The highest BCUT2D eigenvalue weighted by atomic mass is 35.5. The van der Waals surface area contributed by atoms with E-state index in [4.69, 9.17) is 31.0 Å². The summed E-state index contributed by atoms with van der Waals surface area (Å²) in [5, 5.41) is 10.4. The minimum atomic E-state index is -0.387. The number of halogens is 2. The molecule has 2 aromatic carbocycles. The van der Waals surface area contributed by atoms with Gasteiger partial charge in [0.25, 0.3) is 0 Å². The van der Waals surface area contributed by atoms with Gasteiger partial charge in [-0.2, -0.15) is 5.10 Å². The molecule has 1 aliphatic heterocycles. The van der Waals surface area contributed by atoms with Crippen molar-refractivity contribution in [3.63, 3.8) is 0 Å². The van der Waals surface area contributed by atoms with Gasteiger partial charge in [-0.25, -0.2) is 19.3 Å². The van der Waals surface area contributed by atoms with Crippen molar-refractivity contribution >= 4 is 63.0 Å². The Kier molecular flexibility index (Phi) is 13.3. The lowest BCUT2D eigenvalue weighted by atomic mass is 10.0. The van der Waals surface area contributed by atoms with E-state index in [0.29, 0.717) is 22.2 Å². The molecule has 0 aliphatic carbocycles. The molecule has 54 heavy (non-hydrogen) atoms. The number of nitrogens with zero attached hydrogens (tertiary/aromatic N) is 6. The molecule has 7 rings (SSSR count). The number of aromatic amines is 1. The number of ether oxygens (including phenoxy) is 2. The van der Waals surface area contributed by atoms with E-state index in [1.54, 1.807) is 42.1 Å². The van der Waals surface area contributed by atoms with E-state index in [1.807, 2.05) is 26.1 Å². The van der Waals surface area contributed by atoms with Gasteiger partial charge < -0.3 is 19.4 Å². The van der Waals surface area contributed by atoms with E-state index < -0.39 is 0 Å². The number of aryl methyl sites for hydroxylation is 1. The van der Waals surface area contributed by atoms with E-state index in [-0.39, 0.29) is 17.9 Å². The fraction of sp³-hybridized carbons (Fsp3) is 0.325. The molecule has 4 aromatic heterocycles. The second-order valence-electron chi connectivity index (χ2n) is 12.8. The molecule has 11 nitrogen and oxygen atoms in total. The number of carbonyl (C=O) groups excluding carboxylic acids is 1. The zero-order chi connectivity index (χ0) is 38.0. The monoisotopic (exact) mass is 770 g/mol. The molecule has 0 radical (unpaired) electrons. The number of hydrogen-bond donors (Lipinski definition) is 2. The van der Waals surface area contributed by atoms with Crippen LogP contribution >= 0.6 is 23.4 Å². The maximum atomic E-state index is 14.2. The number of hydrogen-bond acceptors (Lipinski definition) is 10. The van der Waals surface area contributed by atoms with E-state index >= 15 is 0 Å². The van der Waals surface area contributed by atoms with Crippen LogP contribution in [0.3, 0.4) is 0 Å². The lowest BCUT2D eigenvalue weighted by Crippen LogP contribution is -2.30. The van der Waals surface area contributed by atoms with Crippen molar-refractivity contribution in [3.05, 3.63) is 112 Å². The van der Waals surface area contributed by atoms with Crippen LogP contribution < -0.4 is 10.1 Å². The van der Waals surface area contributed by atoms with Crippen LogP contribution in [0.15, 0.2) is 72.8 Å². The molecule has 0 amide bonds. The predicted octanol–water partition coefficient (Wildman–Crippen LogP) is 8.33. The molecule has 6 aromatic rings. The first-order valence-electron chi connectivity index (χ1n) is 17.8. The number of carbonyl (C=O) groups is 1. The standard InChI is InChI=1S/C32H37ClFN5O2S.C8H7N3O/c1-4-16-40-32(42-3)20-39-29-11-10-25(35-2)18-28(29)36-30(39)19-38-14-12-22(13-15-38)27-6-5-7-31(37-27)41-21-23-8-9-24(33)17-26(23)34;1-5-8-7(11-10-5)3-2-6(4-12)9-8/h5-12,17-18,32,35H,4,13-16,19-21H2,1-3H3;2-4H,1H3,(H,10,11). The first-order chi connectivity index (χ1) is 26.3. The van der Waals surface area contributed by atoms with E-state index in [9.17, 15) is 9.18 Å². The number of anilines is 1. The van der Waals surface area contributed by atoms with Crippen molar-refractivity contribution in [2.75, 3.05) is 38.3 Å². The summed E-state index contributed by atoms with van der Waals surface area (Å²) in [5.74, 6) is 1.12. The van der Waals surface area contributed by atoms with Gasteiger partial charge in [0.15, 0.2) is 6.29 Å². The second kappa shape index (κ2) is 18.5. The normalized spacial score (nSPS) is 13.7. The first kappa shape index (κ1) is 38.9. The molecular weight excluding hydrogens is 727 g/mol. The molecule has 5 heterocycles. The number of fused-ring (bicyclic) bond motifs is 2. The molecule has 0 fully saturated rings. The Balaban J connectivity index is 0.000000349. The number of imidazole rings is 1. The number of nitrogens with one attached hydrogen (secondary N) is 2. The molecule has 0 saturated heterocycles. The largest absolute Gasteiger partial charge is 0.473 e. The summed E-state index contributed by atoms with van der Waals surface area (Å²) in [5.41, 5.74) is 8.59. The topological polar surface area (TPSA) is 123 Å². The Bertz CT molecular complexity index is 2240. The van der Waals surface area contributed by atoms with Gasteiger partial charge >= 0.3 is 0 Å². The van der Waals surface area contributed by atoms with Crippen LogP contribution in [-0.4, -0.2) is 79.3 Å². The minimum absolute atomic E-state index is 0.0645. The zero-order valence-electron chi connectivity index (χ0n) is 30.8. The van der Waals surface area contributed by atoms with Crippen LogP contribution in [0, 0.1) is 12.7 Å². The van der Waals surface area contributed by atoms with E-state index in [1.165, 1.54) is 11.6 Å². The van der Waals surface area contributed by atoms with Gasteiger partial charge in [0, 0.05) is 49.1 Å². The summed E-state index contributed by atoms with van der Waals surface area (Å²) in [7, 11) is 1.93. The number of aromatic nitrogens is 6. The Morgan fingerprint density at radius 1 is 1.09 bits per heavy atom. The molecule has 1 unspecified atom stereocenters. The molecule has 282 valence electrons. The molecular formula is C40H44ClFN8O3S. The van der Waals surface area contributed by atoms with Crippen molar-refractivity contribution in [2.24, 2.45) is 0 Å². The summed E-state index contributed by atoms with van der Waals surface area (Å²) in [6, 6.07) is 20.1. The molecule has 0 bridgehead atoms. The van der Waals surface area contributed by atoms with Crippen LogP contribution in [0.2, 0.25) is 5.02 Å². The predicted molar refractivity (Wildman–Crippen MR) is 215 cm³/mol. The van der Waals surface area contributed by atoms with Crippen molar-refractivity contribution in [3.8, 4) is 5.88 Å². The fourth-order valence-corrected chi connectivity index (χ4v) is 6.79. The fourth-order valence-electron chi connectivity index (χ4n) is 6.10. The van der Waals surface area contributed by atoms with Gasteiger partial charge in [0.05, 0.1) is 35.5 Å². The SMILES string of the molecule is CCCOC(Cn1c(CN2CC=C(c3cccc(OCc4ccc(Cl)cc4F)n3)CC2)nc2cc(NC)ccc21)SC.Cc1[nH]nc2ccc(C=O)nc12. The van der Waals surface area contributed by atoms with Gasteiger partial charge in [-0.05, 0) is 80.1 Å². The summed E-state index contributed by atoms with van der Waals surface area (Å²) >= 11 is 7.59. The highest BCUT2D eigenvalue weighted by Crippen LogP contribution is 2.27. The number of pyridine rings is 2. The molecule has 0 spiro atoms. The van der Waals surface area contributed by atoms with Gasteiger partial charge in [0.2, 0.25) is 5.88 Å². The van der Waals surface area contributed by atoms with Crippen LogP contribution in [0.4, 0.5) is 10.1 Å². The quantitative estimate of drug-likeness (QED) is 0.0826. The van der Waals surface area contributed by atoms with Gasteiger partial charge in [-0.1, -0.05) is 36.7 Å². The number of aldehydes is 1. The summed E-state index contributed by atoms with van der Waals surface area (Å²) in [6.45, 7) is 8.01. The smallest absolute Gasteiger partial charge is 0.214 e. The lowest BCUT2D eigenvalue weighted by Gasteiger charge is -2.26. The molecule has 2 N–H and O–H groups in total. The third kappa shape index (κ3) is 9.64. The van der Waals surface area contributed by atoms with Crippen LogP contribution in [-0.2, 0) is 24.4 Å². The summed E-state index contributed by atoms with van der Waals surface area (Å²) in [6.07, 6.45) is 6.91. The third-order valence-corrected chi connectivity index (χ3v) is 10.1. The molecule has 14 heteroatoms. The van der Waals surface area contributed by atoms with Crippen LogP contribution in [0.1, 0.15) is 53.0 Å². The Morgan fingerprint density at radius 3 is 2.70 bits per heavy atom. The van der Waals surface area contributed by atoms with Gasteiger partial charge in [-0.15, -0.1) is 11.8 Å². The van der Waals surface area contributed by atoms with Gasteiger partial charge in [0.1, 0.15) is 40.4 Å². The Morgan fingerprint density at radius 2 is 1.96 bits per heavy atom. The summed E-state index contributed by atoms with van der Waals surface area (Å²) < 4.78 is 28.4. The van der Waals surface area contributed by atoms with Gasteiger partial charge in [-0.3, -0.25) is 14.8 Å². The van der Waals surface area contributed by atoms with Crippen molar-refractivity contribution in [1.29, 1.82) is 0 Å². The summed E-state index contributed by atoms with van der Waals surface area (Å²) in [4.78, 5) is 26.6. The highest BCUT2D eigenvalue weighted by Gasteiger charge is 2.21. The van der Waals surface area contributed by atoms with Crippen molar-refractivity contribution < 1.29 is 18.7 Å². The third-order valence-electron chi connectivity index (χ3n) is 9.04. The number of H-pyrrole nitrogens is 1.